The number of para-hydroxylation sites is 1. The second-order valence-electron chi connectivity index (χ2n) is 3.78. The second-order valence-corrected chi connectivity index (χ2v) is 3.78. The van der Waals surface area contributed by atoms with Gasteiger partial charge in [0, 0.05) is 6.07 Å². The summed E-state index contributed by atoms with van der Waals surface area (Å²) in [5.41, 5.74) is 0.301. The molecule has 3 nitrogen and oxygen atoms in total. The third-order valence-electron chi connectivity index (χ3n) is 2.31. The average Bonchev–Trinajstić information content (AvgIpc) is 2.38. The van der Waals surface area contributed by atoms with Crippen molar-refractivity contribution in [2.75, 3.05) is 0 Å². The molecule has 0 aliphatic rings. The van der Waals surface area contributed by atoms with Gasteiger partial charge in [-0.1, -0.05) is 18.2 Å². The lowest BCUT2D eigenvalue weighted by molar-refractivity contribution is -0.274. The standard InChI is InChI=1S/C14H9F3O3/c15-14(16,17)20-12-6-3-5-11(8-12)19-13-7-2-1-4-10(13)9-18/h1-9H. The molecule has 0 N–H and O–H groups in total. The van der Waals surface area contributed by atoms with Gasteiger partial charge in [-0.3, -0.25) is 4.79 Å². The Morgan fingerprint density at radius 3 is 2.35 bits per heavy atom. The van der Waals surface area contributed by atoms with Gasteiger partial charge in [-0.15, -0.1) is 13.2 Å². The number of carbonyl (C=O) groups excluding carboxylic acids is 1. The number of hydrogen-bond donors (Lipinski definition) is 0. The zero-order chi connectivity index (χ0) is 14.6. The zero-order valence-electron chi connectivity index (χ0n) is 10.1. The van der Waals surface area contributed by atoms with Gasteiger partial charge < -0.3 is 9.47 Å². The lowest BCUT2D eigenvalue weighted by Gasteiger charge is -2.11. The van der Waals surface area contributed by atoms with Crippen molar-refractivity contribution in [1.82, 2.24) is 0 Å². The summed E-state index contributed by atoms with van der Waals surface area (Å²) in [4.78, 5) is 10.8. The summed E-state index contributed by atoms with van der Waals surface area (Å²) in [6, 6.07) is 11.5. The fourth-order valence-corrected chi connectivity index (χ4v) is 1.53. The first-order chi connectivity index (χ1) is 9.48. The molecule has 0 radical (unpaired) electrons. The highest BCUT2D eigenvalue weighted by atomic mass is 19.4. The first kappa shape index (κ1) is 13.9. The van der Waals surface area contributed by atoms with E-state index >= 15 is 0 Å². The molecule has 2 aromatic rings. The minimum Gasteiger partial charge on any atom is -0.456 e. The van der Waals surface area contributed by atoms with E-state index in [4.69, 9.17) is 4.74 Å². The van der Waals surface area contributed by atoms with Crippen molar-refractivity contribution >= 4 is 6.29 Å². The molecule has 0 spiro atoms. The van der Waals surface area contributed by atoms with Crippen LogP contribution in [0.1, 0.15) is 10.4 Å². The number of halogens is 3. The van der Waals surface area contributed by atoms with E-state index in [2.05, 4.69) is 4.74 Å². The van der Waals surface area contributed by atoms with Crippen LogP contribution in [0.15, 0.2) is 48.5 Å². The van der Waals surface area contributed by atoms with Crippen molar-refractivity contribution in [3.63, 3.8) is 0 Å². The Morgan fingerprint density at radius 2 is 1.65 bits per heavy atom. The summed E-state index contributed by atoms with van der Waals surface area (Å²) in [5.74, 6) is 0.00583. The van der Waals surface area contributed by atoms with Gasteiger partial charge in [-0.2, -0.15) is 0 Å². The van der Waals surface area contributed by atoms with E-state index in [1.54, 1.807) is 24.3 Å². The molecular weight excluding hydrogens is 273 g/mol. The Bertz CT molecular complexity index is 609. The maximum Gasteiger partial charge on any atom is 0.573 e. The van der Waals surface area contributed by atoms with Crippen LogP contribution in [0.3, 0.4) is 0 Å². The Balaban J connectivity index is 2.21. The highest BCUT2D eigenvalue weighted by Gasteiger charge is 2.31. The average molecular weight is 282 g/mol. The van der Waals surface area contributed by atoms with Gasteiger partial charge in [-0.05, 0) is 24.3 Å². The maximum atomic E-state index is 12.1. The quantitative estimate of drug-likeness (QED) is 0.789. The molecule has 0 aromatic heterocycles. The third kappa shape index (κ3) is 3.74. The van der Waals surface area contributed by atoms with Crippen LogP contribution in [-0.2, 0) is 0 Å². The molecule has 0 saturated heterocycles. The predicted octanol–water partition coefficient (Wildman–Crippen LogP) is 4.19. The topological polar surface area (TPSA) is 35.5 Å². The SMILES string of the molecule is O=Cc1ccccc1Oc1cccc(OC(F)(F)F)c1. The van der Waals surface area contributed by atoms with E-state index in [0.29, 0.717) is 11.8 Å². The number of aldehydes is 1. The minimum absolute atomic E-state index is 0.140. The van der Waals surface area contributed by atoms with Gasteiger partial charge in [0.15, 0.2) is 6.29 Å². The van der Waals surface area contributed by atoms with Crippen LogP contribution in [-0.4, -0.2) is 12.6 Å². The number of alkyl halides is 3. The van der Waals surface area contributed by atoms with Crippen molar-refractivity contribution in [2.24, 2.45) is 0 Å². The second kappa shape index (κ2) is 5.64. The number of carbonyl (C=O) groups is 1. The molecule has 20 heavy (non-hydrogen) atoms. The van der Waals surface area contributed by atoms with Gasteiger partial charge in [0.25, 0.3) is 0 Å². The van der Waals surface area contributed by atoms with E-state index < -0.39 is 12.1 Å². The van der Waals surface area contributed by atoms with Crippen molar-refractivity contribution < 1.29 is 27.4 Å². The number of hydrogen-bond acceptors (Lipinski definition) is 3. The number of ether oxygens (including phenoxy) is 2. The van der Waals surface area contributed by atoms with E-state index in [1.165, 1.54) is 12.1 Å². The van der Waals surface area contributed by atoms with Crippen LogP contribution >= 0.6 is 0 Å². The maximum absolute atomic E-state index is 12.1. The molecule has 0 heterocycles. The van der Waals surface area contributed by atoms with Crippen LogP contribution in [0.2, 0.25) is 0 Å². The van der Waals surface area contributed by atoms with Gasteiger partial charge in [0.05, 0.1) is 5.56 Å². The lowest BCUT2D eigenvalue weighted by Crippen LogP contribution is -2.17. The van der Waals surface area contributed by atoms with Crippen molar-refractivity contribution in [2.45, 2.75) is 6.36 Å². The van der Waals surface area contributed by atoms with Gasteiger partial charge in [0.1, 0.15) is 17.2 Å². The van der Waals surface area contributed by atoms with Crippen LogP contribution in [0.25, 0.3) is 0 Å². The molecule has 104 valence electrons. The highest BCUT2D eigenvalue weighted by Crippen LogP contribution is 2.29. The molecule has 0 fully saturated rings. The van der Waals surface area contributed by atoms with E-state index in [-0.39, 0.29) is 11.5 Å². The van der Waals surface area contributed by atoms with Gasteiger partial charge >= 0.3 is 6.36 Å². The van der Waals surface area contributed by atoms with Crippen molar-refractivity contribution in [3.8, 4) is 17.2 Å². The summed E-state index contributed by atoms with van der Waals surface area (Å²) in [5, 5.41) is 0. The third-order valence-corrected chi connectivity index (χ3v) is 2.31. The molecule has 0 amide bonds. The summed E-state index contributed by atoms with van der Waals surface area (Å²) < 4.78 is 45.5. The van der Waals surface area contributed by atoms with E-state index in [9.17, 15) is 18.0 Å². The molecule has 6 heteroatoms. The molecule has 0 unspecified atom stereocenters. The summed E-state index contributed by atoms with van der Waals surface area (Å²) in [7, 11) is 0. The fraction of sp³-hybridized carbons (Fsp3) is 0.0714. The molecule has 0 saturated carbocycles. The van der Waals surface area contributed by atoms with E-state index in [0.717, 1.165) is 12.1 Å². The molecule has 0 aliphatic carbocycles. The lowest BCUT2D eigenvalue weighted by atomic mass is 10.2. The predicted molar refractivity (Wildman–Crippen MR) is 65.0 cm³/mol. The molecular formula is C14H9F3O3. The first-order valence-corrected chi connectivity index (χ1v) is 5.56. The number of benzene rings is 2. The smallest absolute Gasteiger partial charge is 0.456 e. The molecule has 0 bridgehead atoms. The largest absolute Gasteiger partial charge is 0.573 e. The molecule has 2 aromatic carbocycles. The normalized spacial score (nSPS) is 10.9. The number of rotatable bonds is 4. The fourth-order valence-electron chi connectivity index (χ4n) is 1.53. The monoisotopic (exact) mass is 282 g/mol. The van der Waals surface area contributed by atoms with Crippen LogP contribution in [0.4, 0.5) is 13.2 Å². The van der Waals surface area contributed by atoms with Crippen LogP contribution < -0.4 is 9.47 Å². The Labute approximate surface area is 112 Å². The van der Waals surface area contributed by atoms with Crippen LogP contribution in [0, 0.1) is 0 Å². The van der Waals surface area contributed by atoms with Gasteiger partial charge in [0.2, 0.25) is 0 Å². The highest BCUT2D eigenvalue weighted by molar-refractivity contribution is 5.79. The molecule has 2 rings (SSSR count). The minimum atomic E-state index is -4.76. The van der Waals surface area contributed by atoms with Crippen LogP contribution in [0.5, 0.6) is 17.2 Å². The summed E-state index contributed by atoms with van der Waals surface area (Å²) in [6.07, 6.45) is -4.16. The van der Waals surface area contributed by atoms with Crippen molar-refractivity contribution in [1.29, 1.82) is 0 Å². The molecule has 0 aliphatic heterocycles. The Kier molecular flexibility index (Phi) is 3.93. The molecule has 0 atom stereocenters. The summed E-state index contributed by atoms with van der Waals surface area (Å²) >= 11 is 0. The first-order valence-electron chi connectivity index (χ1n) is 5.56. The summed E-state index contributed by atoms with van der Waals surface area (Å²) in [6.45, 7) is 0. The zero-order valence-corrected chi connectivity index (χ0v) is 10.1. The Morgan fingerprint density at radius 1 is 0.950 bits per heavy atom. The Hall–Kier alpha value is -2.50. The van der Waals surface area contributed by atoms with Crippen molar-refractivity contribution in [3.05, 3.63) is 54.1 Å². The van der Waals surface area contributed by atoms with Gasteiger partial charge in [-0.25, -0.2) is 0 Å². The van der Waals surface area contributed by atoms with E-state index in [1.807, 2.05) is 0 Å².